The molecule has 0 fully saturated rings. The Kier molecular flexibility index (Phi) is 3.26. The van der Waals surface area contributed by atoms with E-state index in [1.165, 1.54) is 0 Å². The SMILES string of the molecule is CC(C)C(=O)c1nc2c(=O)[nH]c(N)nc2n1CC(=O)O. The van der Waals surface area contributed by atoms with Crippen LogP contribution in [0.15, 0.2) is 4.79 Å². The van der Waals surface area contributed by atoms with E-state index in [2.05, 4.69) is 15.0 Å². The number of anilines is 1. The Morgan fingerprint density at radius 3 is 2.60 bits per heavy atom. The van der Waals surface area contributed by atoms with Crippen molar-refractivity contribution < 1.29 is 14.7 Å². The zero-order valence-electron chi connectivity index (χ0n) is 10.9. The number of hydrogen-bond donors (Lipinski definition) is 3. The first kappa shape index (κ1) is 13.7. The van der Waals surface area contributed by atoms with Crippen molar-refractivity contribution in [3.8, 4) is 0 Å². The quantitative estimate of drug-likeness (QED) is 0.647. The minimum absolute atomic E-state index is 0.0161. The van der Waals surface area contributed by atoms with E-state index in [-0.39, 0.29) is 28.7 Å². The van der Waals surface area contributed by atoms with Gasteiger partial charge in [0.25, 0.3) is 5.56 Å². The van der Waals surface area contributed by atoms with Crippen molar-refractivity contribution in [2.24, 2.45) is 5.92 Å². The Balaban J connectivity index is 2.80. The van der Waals surface area contributed by atoms with E-state index in [4.69, 9.17) is 10.8 Å². The molecule has 9 heteroatoms. The van der Waals surface area contributed by atoms with Gasteiger partial charge in [-0.05, 0) is 0 Å². The third kappa shape index (κ3) is 2.25. The van der Waals surface area contributed by atoms with Crippen molar-refractivity contribution in [1.29, 1.82) is 0 Å². The van der Waals surface area contributed by atoms with Gasteiger partial charge in [0, 0.05) is 5.92 Å². The standard InChI is InChI=1S/C11H13N5O4/c1-4(2)7(19)9-13-6-8(16(9)3-5(17)18)14-11(12)15-10(6)20/h4H,3H2,1-2H3,(H,17,18)(H3,12,14,15,20). The number of carboxylic acid groups (broad SMARTS) is 1. The van der Waals surface area contributed by atoms with E-state index >= 15 is 0 Å². The summed E-state index contributed by atoms with van der Waals surface area (Å²) in [5, 5.41) is 8.92. The lowest BCUT2D eigenvalue weighted by Crippen LogP contribution is -2.19. The fourth-order valence-electron chi connectivity index (χ4n) is 1.76. The molecular weight excluding hydrogens is 266 g/mol. The number of nitrogens with two attached hydrogens (primary N) is 1. The Labute approximate surface area is 112 Å². The summed E-state index contributed by atoms with van der Waals surface area (Å²) in [6.45, 7) is 2.78. The van der Waals surface area contributed by atoms with Crippen LogP contribution < -0.4 is 11.3 Å². The largest absolute Gasteiger partial charge is 0.480 e. The Morgan fingerprint density at radius 2 is 2.05 bits per heavy atom. The van der Waals surface area contributed by atoms with Crippen LogP contribution >= 0.6 is 0 Å². The lowest BCUT2D eigenvalue weighted by Gasteiger charge is -2.06. The van der Waals surface area contributed by atoms with Crippen LogP contribution in [-0.2, 0) is 11.3 Å². The maximum atomic E-state index is 12.1. The number of fused-ring (bicyclic) bond motifs is 1. The minimum atomic E-state index is -1.18. The van der Waals surface area contributed by atoms with Crippen molar-refractivity contribution in [3.05, 3.63) is 16.2 Å². The molecule has 0 aromatic carbocycles. The van der Waals surface area contributed by atoms with Crippen molar-refractivity contribution in [1.82, 2.24) is 19.5 Å². The van der Waals surface area contributed by atoms with Crippen molar-refractivity contribution >= 4 is 28.9 Å². The van der Waals surface area contributed by atoms with Crippen molar-refractivity contribution in [2.75, 3.05) is 5.73 Å². The molecule has 0 aliphatic carbocycles. The number of imidazole rings is 1. The predicted molar refractivity (Wildman–Crippen MR) is 69.4 cm³/mol. The molecule has 0 unspecified atom stereocenters. The Morgan fingerprint density at radius 1 is 1.40 bits per heavy atom. The van der Waals surface area contributed by atoms with E-state index < -0.39 is 24.0 Å². The average Bonchev–Trinajstić information content (AvgIpc) is 2.67. The number of rotatable bonds is 4. The first-order chi connectivity index (χ1) is 9.31. The summed E-state index contributed by atoms with van der Waals surface area (Å²) in [5.74, 6) is -2.22. The maximum absolute atomic E-state index is 12.1. The number of ketones is 1. The number of nitrogens with zero attached hydrogens (tertiary/aromatic N) is 3. The summed E-state index contributed by atoms with van der Waals surface area (Å²) in [4.78, 5) is 44.7. The highest BCUT2D eigenvalue weighted by Crippen LogP contribution is 2.15. The highest BCUT2D eigenvalue weighted by molar-refractivity contribution is 5.97. The maximum Gasteiger partial charge on any atom is 0.323 e. The van der Waals surface area contributed by atoms with Crippen LogP contribution in [0.1, 0.15) is 24.5 Å². The van der Waals surface area contributed by atoms with Gasteiger partial charge >= 0.3 is 5.97 Å². The molecule has 0 saturated heterocycles. The number of nitrogen functional groups attached to an aromatic ring is 1. The number of carbonyl (C=O) groups is 2. The number of H-pyrrole nitrogens is 1. The summed E-state index contributed by atoms with van der Waals surface area (Å²) < 4.78 is 1.09. The molecule has 4 N–H and O–H groups in total. The zero-order chi connectivity index (χ0) is 15.0. The van der Waals surface area contributed by atoms with E-state index in [0.29, 0.717) is 0 Å². The second-order valence-electron chi connectivity index (χ2n) is 4.56. The molecule has 0 atom stereocenters. The molecule has 2 rings (SSSR count). The predicted octanol–water partition coefficient (Wildman–Crippen LogP) is -0.375. The van der Waals surface area contributed by atoms with Gasteiger partial charge in [-0.2, -0.15) is 4.98 Å². The van der Waals surface area contributed by atoms with Crippen molar-refractivity contribution in [2.45, 2.75) is 20.4 Å². The molecule has 0 saturated carbocycles. The first-order valence-corrected chi connectivity index (χ1v) is 5.83. The highest BCUT2D eigenvalue weighted by atomic mass is 16.4. The van der Waals surface area contributed by atoms with E-state index in [0.717, 1.165) is 4.57 Å². The molecule has 0 amide bonds. The highest BCUT2D eigenvalue weighted by Gasteiger charge is 2.23. The fraction of sp³-hybridized carbons (Fsp3) is 0.364. The summed E-state index contributed by atoms with van der Waals surface area (Å²) in [6, 6.07) is 0. The fourth-order valence-corrected chi connectivity index (χ4v) is 1.76. The van der Waals surface area contributed by atoms with E-state index in [1.54, 1.807) is 13.8 Å². The molecule has 9 nitrogen and oxygen atoms in total. The summed E-state index contributed by atoms with van der Waals surface area (Å²) in [6.07, 6.45) is 0. The molecule has 20 heavy (non-hydrogen) atoms. The smallest absolute Gasteiger partial charge is 0.323 e. The first-order valence-electron chi connectivity index (χ1n) is 5.83. The van der Waals surface area contributed by atoms with Gasteiger partial charge in [-0.15, -0.1) is 0 Å². The van der Waals surface area contributed by atoms with Gasteiger partial charge in [0.05, 0.1) is 0 Å². The zero-order valence-corrected chi connectivity index (χ0v) is 10.9. The summed E-state index contributed by atoms with van der Waals surface area (Å²) >= 11 is 0. The van der Waals surface area contributed by atoms with Gasteiger partial charge in [-0.3, -0.25) is 23.9 Å². The average molecular weight is 279 g/mol. The summed E-state index contributed by atoms with van der Waals surface area (Å²) in [7, 11) is 0. The van der Waals surface area contributed by atoms with Crippen LogP contribution in [0.25, 0.3) is 11.2 Å². The monoisotopic (exact) mass is 279 g/mol. The van der Waals surface area contributed by atoms with E-state index in [9.17, 15) is 14.4 Å². The number of carboxylic acids is 1. The third-order valence-corrected chi connectivity index (χ3v) is 2.66. The normalized spacial score (nSPS) is 11.2. The third-order valence-electron chi connectivity index (χ3n) is 2.66. The molecule has 0 aliphatic heterocycles. The van der Waals surface area contributed by atoms with Crippen LogP contribution in [0.2, 0.25) is 0 Å². The Bertz CT molecular complexity index is 758. The topological polar surface area (TPSA) is 144 Å². The van der Waals surface area contributed by atoms with Gasteiger partial charge in [-0.25, -0.2) is 4.98 Å². The molecule has 0 bridgehead atoms. The van der Waals surface area contributed by atoms with Gasteiger partial charge in [0.15, 0.2) is 17.0 Å². The van der Waals surface area contributed by atoms with Gasteiger partial charge < -0.3 is 10.8 Å². The molecular formula is C11H13N5O4. The second kappa shape index (κ2) is 4.76. The van der Waals surface area contributed by atoms with Crippen LogP contribution in [0, 0.1) is 5.92 Å². The minimum Gasteiger partial charge on any atom is -0.480 e. The molecule has 0 spiro atoms. The molecule has 106 valence electrons. The molecule has 0 aliphatic rings. The van der Waals surface area contributed by atoms with Gasteiger partial charge in [0.2, 0.25) is 11.7 Å². The number of carbonyl (C=O) groups excluding carboxylic acids is 1. The number of Topliss-reactive ketones (excluding diaryl/α,β-unsaturated/α-hetero) is 1. The second-order valence-corrected chi connectivity index (χ2v) is 4.56. The van der Waals surface area contributed by atoms with Gasteiger partial charge in [0.1, 0.15) is 6.54 Å². The van der Waals surface area contributed by atoms with Crippen LogP contribution in [-0.4, -0.2) is 36.4 Å². The van der Waals surface area contributed by atoms with E-state index in [1.807, 2.05) is 0 Å². The lowest BCUT2D eigenvalue weighted by molar-refractivity contribution is -0.137. The molecule has 2 aromatic rings. The number of aliphatic carboxylic acids is 1. The molecule has 2 aromatic heterocycles. The van der Waals surface area contributed by atoms with Crippen LogP contribution in [0.4, 0.5) is 5.95 Å². The van der Waals surface area contributed by atoms with Crippen molar-refractivity contribution in [3.63, 3.8) is 0 Å². The molecule has 0 radical (unpaired) electrons. The number of nitrogens with one attached hydrogen (secondary N) is 1. The number of hydrogen-bond acceptors (Lipinski definition) is 6. The number of aromatic amines is 1. The molecule has 2 heterocycles. The lowest BCUT2D eigenvalue weighted by atomic mass is 10.1. The number of aromatic nitrogens is 4. The van der Waals surface area contributed by atoms with Gasteiger partial charge in [-0.1, -0.05) is 13.8 Å². The van der Waals surface area contributed by atoms with Crippen LogP contribution in [0.5, 0.6) is 0 Å². The summed E-state index contributed by atoms with van der Waals surface area (Å²) in [5.41, 5.74) is 4.69. The Hall–Kier alpha value is -2.71. The van der Waals surface area contributed by atoms with Crippen LogP contribution in [0.3, 0.4) is 0 Å².